The number of halogens is 2. The van der Waals surface area contributed by atoms with Gasteiger partial charge in [-0.05, 0) is 68.2 Å². The van der Waals surface area contributed by atoms with Crippen molar-refractivity contribution in [3.05, 3.63) is 52.7 Å². The number of rotatable bonds is 4. The smallest absolute Gasteiger partial charge is 0.408 e. The van der Waals surface area contributed by atoms with E-state index in [-0.39, 0.29) is 0 Å². The van der Waals surface area contributed by atoms with E-state index in [1.54, 1.807) is 23.4 Å². The van der Waals surface area contributed by atoms with Crippen molar-refractivity contribution in [3.63, 3.8) is 0 Å². The molecular weight excluding hydrogens is 569 g/mol. The largest absolute Gasteiger partial charge is 0.444 e. The number of amides is 1. The van der Waals surface area contributed by atoms with E-state index in [1.807, 2.05) is 27.7 Å². The average Bonchev–Trinajstić information content (AvgIpc) is 3.46. The minimum absolute atomic E-state index is 0.410. The van der Waals surface area contributed by atoms with E-state index < -0.39 is 29.2 Å². The predicted octanol–water partition coefficient (Wildman–Crippen LogP) is 4.35. The Morgan fingerprint density at radius 1 is 1.38 bits per heavy atom. The molecule has 0 aliphatic carbocycles. The number of hydrogen-bond donors (Lipinski definition) is 2. The standard InChI is InChI=1S/C26H27BrFN9O2/c1-25(2,3)39-24(38)35-26(4)6-8-36(13-26)23-16(22-33-18-10-15(28)9-17(27)21(18)34-22)12-31-20(11-29)37(23)19-5-7-30-14-32-19/h5,7,9-10,12,14,20H,6,8,13H2,1-4H3,(H,33,34)(H,35,38)/t20?,26-/m0/s1. The molecule has 2 aliphatic heterocycles. The van der Waals surface area contributed by atoms with Crippen LogP contribution in [0.25, 0.3) is 16.6 Å². The number of aromatic amines is 1. The monoisotopic (exact) mass is 595 g/mol. The number of hydrogen-bond acceptors (Lipinski definition) is 9. The topological polar surface area (TPSA) is 135 Å². The average molecular weight is 596 g/mol. The van der Waals surface area contributed by atoms with E-state index in [1.165, 1.54) is 18.5 Å². The van der Waals surface area contributed by atoms with Gasteiger partial charge in [0.05, 0.1) is 16.6 Å². The number of nitrogens with one attached hydrogen (secondary N) is 2. The van der Waals surface area contributed by atoms with Gasteiger partial charge in [0.2, 0.25) is 6.17 Å². The Hall–Kier alpha value is -4.05. The number of allylic oxidation sites excluding steroid dienone is 1. The fraction of sp³-hybridized carbons (Fsp3) is 0.385. The maximum Gasteiger partial charge on any atom is 0.408 e. The number of likely N-dealkylation sites (tertiary alicyclic amines) is 1. The van der Waals surface area contributed by atoms with Crippen LogP contribution in [-0.2, 0) is 4.74 Å². The molecule has 0 spiro atoms. The third kappa shape index (κ3) is 5.42. The molecule has 0 radical (unpaired) electrons. The number of nitrogens with zero attached hydrogens (tertiary/aromatic N) is 7. The van der Waals surface area contributed by atoms with Crippen LogP contribution in [0.5, 0.6) is 0 Å². The second-order valence-electron chi connectivity index (χ2n) is 10.7. The van der Waals surface area contributed by atoms with E-state index in [9.17, 15) is 14.4 Å². The highest BCUT2D eigenvalue weighted by Crippen LogP contribution is 2.36. The molecule has 2 aromatic heterocycles. The molecule has 1 fully saturated rings. The highest BCUT2D eigenvalue weighted by atomic mass is 79.9. The lowest BCUT2D eigenvalue weighted by atomic mass is 10.0. The van der Waals surface area contributed by atoms with Crippen molar-refractivity contribution in [3.8, 4) is 6.07 Å². The van der Waals surface area contributed by atoms with Crippen molar-refractivity contribution in [1.82, 2.24) is 30.2 Å². The summed E-state index contributed by atoms with van der Waals surface area (Å²) in [5, 5.41) is 13.0. The fourth-order valence-corrected chi connectivity index (χ4v) is 5.24. The van der Waals surface area contributed by atoms with Crippen molar-refractivity contribution in [1.29, 1.82) is 5.26 Å². The van der Waals surface area contributed by atoms with Crippen molar-refractivity contribution in [2.24, 2.45) is 4.99 Å². The molecule has 5 rings (SSSR count). The van der Waals surface area contributed by atoms with Gasteiger partial charge in [0.25, 0.3) is 0 Å². The number of carbonyl (C=O) groups excluding carboxylic acids is 1. The van der Waals surface area contributed by atoms with Gasteiger partial charge in [-0.1, -0.05) is 0 Å². The summed E-state index contributed by atoms with van der Waals surface area (Å²) in [6.45, 7) is 8.36. The Kier molecular flexibility index (Phi) is 6.76. The van der Waals surface area contributed by atoms with Gasteiger partial charge >= 0.3 is 6.09 Å². The van der Waals surface area contributed by atoms with Gasteiger partial charge in [0, 0.05) is 30.0 Å². The van der Waals surface area contributed by atoms with E-state index in [0.29, 0.717) is 58.1 Å². The second kappa shape index (κ2) is 9.92. The summed E-state index contributed by atoms with van der Waals surface area (Å²) in [5.41, 5.74) is 0.401. The van der Waals surface area contributed by atoms with Crippen molar-refractivity contribution in [2.75, 3.05) is 18.0 Å². The zero-order valence-electron chi connectivity index (χ0n) is 21.9. The number of anilines is 1. The molecule has 2 N–H and O–H groups in total. The summed E-state index contributed by atoms with van der Waals surface area (Å²) in [6.07, 6.45) is 3.80. The molecule has 13 heteroatoms. The Balaban J connectivity index is 1.61. The number of nitriles is 1. The summed E-state index contributed by atoms with van der Waals surface area (Å²) in [4.78, 5) is 37.2. The summed E-state index contributed by atoms with van der Waals surface area (Å²) < 4.78 is 20.1. The molecular formula is C26H27BrFN9O2. The highest BCUT2D eigenvalue weighted by molar-refractivity contribution is 9.10. The van der Waals surface area contributed by atoms with Crippen LogP contribution in [0, 0.1) is 17.1 Å². The second-order valence-corrected chi connectivity index (χ2v) is 11.5. The SMILES string of the molecule is CC(C)(C)OC(=O)N[C@@]1(C)CCN(C2=C(c3nc4c(Br)cc(F)cc4[nH]3)C=NC(C#N)N2c2ccncn2)C1. The molecule has 0 bridgehead atoms. The van der Waals surface area contributed by atoms with Gasteiger partial charge < -0.3 is 19.9 Å². The molecule has 11 nitrogen and oxygen atoms in total. The molecule has 3 aromatic rings. The third-order valence-electron chi connectivity index (χ3n) is 6.32. The predicted molar refractivity (Wildman–Crippen MR) is 147 cm³/mol. The number of carbonyl (C=O) groups is 1. The molecule has 1 aromatic carbocycles. The van der Waals surface area contributed by atoms with Gasteiger partial charge in [0.15, 0.2) is 0 Å². The van der Waals surface area contributed by atoms with E-state index in [4.69, 9.17) is 9.72 Å². The fourth-order valence-electron chi connectivity index (χ4n) is 4.72. The molecule has 39 heavy (non-hydrogen) atoms. The van der Waals surface area contributed by atoms with Gasteiger partial charge in [-0.25, -0.2) is 24.1 Å². The highest BCUT2D eigenvalue weighted by Gasteiger charge is 2.42. The molecule has 1 amide bonds. The first kappa shape index (κ1) is 26.6. The Bertz CT molecular complexity index is 1530. The number of alkyl carbamates (subject to hydrolysis) is 1. The van der Waals surface area contributed by atoms with Gasteiger partial charge in [-0.15, -0.1) is 0 Å². The van der Waals surface area contributed by atoms with Crippen molar-refractivity contribution in [2.45, 2.75) is 51.4 Å². The summed E-state index contributed by atoms with van der Waals surface area (Å²) in [7, 11) is 0. The van der Waals surface area contributed by atoms with E-state index in [2.05, 4.69) is 52.2 Å². The number of aromatic nitrogens is 4. The zero-order valence-corrected chi connectivity index (χ0v) is 23.5. The number of benzene rings is 1. The van der Waals surface area contributed by atoms with Crippen LogP contribution in [0.1, 0.15) is 39.9 Å². The van der Waals surface area contributed by atoms with Crippen molar-refractivity contribution < 1.29 is 13.9 Å². The normalized spacial score (nSPS) is 21.4. The number of ether oxygens (including phenoxy) is 1. The quantitative estimate of drug-likeness (QED) is 0.454. The Labute approximate surface area is 232 Å². The first-order valence-corrected chi connectivity index (χ1v) is 13.1. The summed E-state index contributed by atoms with van der Waals surface area (Å²) >= 11 is 3.39. The number of H-pyrrole nitrogens is 1. The lowest BCUT2D eigenvalue weighted by Gasteiger charge is -2.38. The lowest BCUT2D eigenvalue weighted by molar-refractivity contribution is 0.0468. The molecule has 2 aliphatic rings. The van der Waals surface area contributed by atoms with Crippen LogP contribution in [-0.4, -0.2) is 67.5 Å². The molecule has 0 saturated carbocycles. The van der Waals surface area contributed by atoms with E-state index >= 15 is 0 Å². The molecule has 1 saturated heterocycles. The van der Waals surface area contributed by atoms with Crippen LogP contribution in [0.2, 0.25) is 0 Å². The van der Waals surface area contributed by atoms with Crippen LogP contribution in [0.3, 0.4) is 0 Å². The Morgan fingerprint density at radius 3 is 2.87 bits per heavy atom. The van der Waals surface area contributed by atoms with Crippen LogP contribution < -0.4 is 10.2 Å². The Morgan fingerprint density at radius 2 is 2.18 bits per heavy atom. The zero-order chi connectivity index (χ0) is 27.9. The van der Waals surface area contributed by atoms with Gasteiger partial charge in [-0.3, -0.25) is 9.89 Å². The van der Waals surface area contributed by atoms with Gasteiger partial charge in [0.1, 0.15) is 46.8 Å². The van der Waals surface area contributed by atoms with E-state index in [0.717, 1.165) is 0 Å². The van der Waals surface area contributed by atoms with Crippen LogP contribution in [0.15, 0.2) is 46.0 Å². The molecule has 2 atom stereocenters. The first-order chi connectivity index (χ1) is 18.5. The summed E-state index contributed by atoms with van der Waals surface area (Å²) in [6, 6.07) is 6.65. The number of imidazole rings is 1. The molecule has 1 unspecified atom stereocenters. The maximum absolute atomic E-state index is 14.1. The number of fused-ring (bicyclic) bond motifs is 1. The van der Waals surface area contributed by atoms with Crippen LogP contribution in [0.4, 0.5) is 15.0 Å². The number of aliphatic imine (C=N–C) groups is 1. The van der Waals surface area contributed by atoms with Gasteiger partial charge in [-0.2, -0.15) is 5.26 Å². The third-order valence-corrected chi connectivity index (χ3v) is 6.93. The molecule has 4 heterocycles. The minimum atomic E-state index is -0.905. The maximum atomic E-state index is 14.1. The first-order valence-electron chi connectivity index (χ1n) is 12.3. The summed E-state index contributed by atoms with van der Waals surface area (Å²) in [5.74, 6) is 1.13. The van der Waals surface area contributed by atoms with Crippen molar-refractivity contribution >= 4 is 50.7 Å². The lowest BCUT2D eigenvalue weighted by Crippen LogP contribution is -2.51. The molecule has 202 valence electrons. The van der Waals surface area contributed by atoms with Crippen LogP contribution >= 0.6 is 15.9 Å². The minimum Gasteiger partial charge on any atom is -0.444 e.